The second-order valence-electron chi connectivity index (χ2n) is 6.91. The average molecular weight is 388 g/mol. The fraction of sp³-hybridized carbons (Fsp3) is 0.524. The molecule has 0 spiro atoms. The highest BCUT2D eigenvalue weighted by molar-refractivity contribution is 7.09. The highest BCUT2D eigenvalue weighted by atomic mass is 32.1. The molecule has 0 saturated carbocycles. The van der Waals surface area contributed by atoms with Gasteiger partial charge in [-0.1, -0.05) is 32.0 Å². The van der Waals surface area contributed by atoms with Gasteiger partial charge in [-0.2, -0.15) is 0 Å². The van der Waals surface area contributed by atoms with Crippen LogP contribution in [0.4, 0.5) is 5.69 Å². The van der Waals surface area contributed by atoms with Crippen LogP contribution in [0.25, 0.3) is 0 Å². The maximum absolute atomic E-state index is 4.67. The third-order valence-corrected chi connectivity index (χ3v) is 5.14. The molecular formula is C21H33N5S. The smallest absolute Gasteiger partial charge is 0.191 e. The highest BCUT2D eigenvalue weighted by Gasteiger charge is 2.06. The minimum Gasteiger partial charge on any atom is -0.375 e. The van der Waals surface area contributed by atoms with E-state index in [0.29, 0.717) is 12.5 Å². The third-order valence-electron chi connectivity index (χ3n) is 4.29. The maximum Gasteiger partial charge on any atom is 0.191 e. The molecule has 6 heteroatoms. The number of anilines is 1. The summed E-state index contributed by atoms with van der Waals surface area (Å²) < 4.78 is 0. The number of hydrogen-bond acceptors (Lipinski definition) is 4. The summed E-state index contributed by atoms with van der Waals surface area (Å²) in [5.41, 5.74) is 2.43. The summed E-state index contributed by atoms with van der Waals surface area (Å²) in [7, 11) is 2.15. The van der Waals surface area contributed by atoms with Gasteiger partial charge in [0.2, 0.25) is 0 Å². The monoisotopic (exact) mass is 387 g/mol. The van der Waals surface area contributed by atoms with E-state index >= 15 is 0 Å². The van der Waals surface area contributed by atoms with Gasteiger partial charge in [-0.15, -0.1) is 11.3 Å². The van der Waals surface area contributed by atoms with Crippen LogP contribution >= 0.6 is 11.3 Å². The molecule has 1 aromatic carbocycles. The quantitative estimate of drug-likeness (QED) is 0.364. The Bertz CT molecular complexity index is 681. The van der Waals surface area contributed by atoms with E-state index in [9.17, 15) is 0 Å². The predicted octanol–water partition coefficient (Wildman–Crippen LogP) is 4.24. The summed E-state index contributed by atoms with van der Waals surface area (Å²) in [4.78, 5) is 11.6. The fourth-order valence-corrected chi connectivity index (χ4v) is 3.52. The minimum absolute atomic E-state index is 0.472. The first kappa shape index (κ1) is 21.2. The zero-order chi connectivity index (χ0) is 19.5. The van der Waals surface area contributed by atoms with Crippen LogP contribution in [0, 0.1) is 0 Å². The predicted molar refractivity (Wildman–Crippen MR) is 118 cm³/mol. The Balaban J connectivity index is 1.71. The van der Waals surface area contributed by atoms with Gasteiger partial charge in [-0.05, 0) is 37.8 Å². The van der Waals surface area contributed by atoms with Gasteiger partial charge in [0.1, 0.15) is 5.01 Å². The standard InChI is InChI=1S/C21H33N5S/c1-5-22-21(24-15-20-25-19(16-27-20)17(2)3)23-13-9-10-14-26(4)18-11-7-6-8-12-18/h6-8,11-12,16-17H,5,9-10,13-15H2,1-4H3,(H2,22,23,24). The van der Waals surface area contributed by atoms with Gasteiger partial charge in [0, 0.05) is 37.7 Å². The summed E-state index contributed by atoms with van der Waals surface area (Å²) in [6.45, 7) is 9.89. The van der Waals surface area contributed by atoms with Crippen LogP contribution < -0.4 is 15.5 Å². The second kappa shape index (κ2) is 11.6. The molecule has 0 radical (unpaired) electrons. The molecule has 2 rings (SSSR count). The Kier molecular flexibility index (Phi) is 9.11. The Morgan fingerprint density at radius 3 is 2.63 bits per heavy atom. The van der Waals surface area contributed by atoms with E-state index in [1.807, 2.05) is 0 Å². The molecule has 0 unspecified atom stereocenters. The molecule has 0 saturated heterocycles. The van der Waals surface area contributed by atoms with Crippen molar-refractivity contribution in [3.8, 4) is 0 Å². The summed E-state index contributed by atoms with van der Waals surface area (Å²) in [5.74, 6) is 1.34. The molecular weight excluding hydrogens is 354 g/mol. The average Bonchev–Trinajstić information content (AvgIpc) is 3.15. The number of hydrogen-bond donors (Lipinski definition) is 2. The topological polar surface area (TPSA) is 52.6 Å². The Morgan fingerprint density at radius 2 is 1.96 bits per heavy atom. The van der Waals surface area contributed by atoms with E-state index in [1.165, 1.54) is 5.69 Å². The van der Waals surface area contributed by atoms with Crippen molar-refractivity contribution in [2.24, 2.45) is 4.99 Å². The van der Waals surface area contributed by atoms with E-state index in [2.05, 4.69) is 89.0 Å². The van der Waals surface area contributed by atoms with Gasteiger partial charge in [-0.25, -0.2) is 9.98 Å². The highest BCUT2D eigenvalue weighted by Crippen LogP contribution is 2.18. The van der Waals surface area contributed by atoms with Gasteiger partial charge >= 0.3 is 0 Å². The lowest BCUT2D eigenvalue weighted by Crippen LogP contribution is -2.38. The Hall–Kier alpha value is -2.08. The number of aliphatic imine (C=N–C) groups is 1. The molecule has 0 bridgehead atoms. The molecule has 0 aliphatic rings. The van der Waals surface area contributed by atoms with Crippen molar-refractivity contribution < 1.29 is 0 Å². The number of para-hydroxylation sites is 1. The van der Waals surface area contributed by atoms with Crippen LogP contribution in [0.15, 0.2) is 40.7 Å². The Labute approximate surface area is 167 Å². The maximum atomic E-state index is 4.67. The molecule has 2 N–H and O–H groups in total. The molecule has 0 amide bonds. The second-order valence-corrected chi connectivity index (χ2v) is 7.85. The van der Waals surface area contributed by atoms with Crippen molar-refractivity contribution in [3.63, 3.8) is 0 Å². The molecule has 5 nitrogen and oxygen atoms in total. The summed E-state index contributed by atoms with van der Waals surface area (Å²) in [5, 5.41) is 9.95. The number of rotatable bonds is 10. The number of nitrogens with one attached hydrogen (secondary N) is 2. The van der Waals surface area contributed by atoms with Gasteiger partial charge < -0.3 is 15.5 Å². The van der Waals surface area contributed by atoms with Crippen LogP contribution in [0.5, 0.6) is 0 Å². The van der Waals surface area contributed by atoms with E-state index in [-0.39, 0.29) is 0 Å². The molecule has 148 valence electrons. The van der Waals surface area contributed by atoms with E-state index in [0.717, 1.165) is 49.1 Å². The lowest BCUT2D eigenvalue weighted by Gasteiger charge is -2.19. The summed E-state index contributed by atoms with van der Waals surface area (Å²) in [6, 6.07) is 10.5. The molecule has 27 heavy (non-hydrogen) atoms. The molecule has 0 aliphatic heterocycles. The molecule has 1 heterocycles. The molecule has 0 fully saturated rings. The van der Waals surface area contributed by atoms with Gasteiger partial charge in [0.05, 0.1) is 12.2 Å². The molecule has 2 aromatic rings. The fourth-order valence-electron chi connectivity index (χ4n) is 2.64. The minimum atomic E-state index is 0.472. The van der Waals surface area contributed by atoms with Crippen LogP contribution in [0.2, 0.25) is 0 Å². The van der Waals surface area contributed by atoms with Crippen molar-refractivity contribution in [2.45, 2.75) is 46.1 Å². The van der Waals surface area contributed by atoms with Crippen LogP contribution in [-0.4, -0.2) is 37.6 Å². The van der Waals surface area contributed by atoms with E-state index in [4.69, 9.17) is 0 Å². The summed E-state index contributed by atoms with van der Waals surface area (Å²) in [6.07, 6.45) is 2.25. The van der Waals surface area contributed by atoms with Crippen LogP contribution in [-0.2, 0) is 6.54 Å². The van der Waals surface area contributed by atoms with E-state index in [1.54, 1.807) is 11.3 Å². The number of benzene rings is 1. The van der Waals surface area contributed by atoms with Crippen molar-refractivity contribution >= 4 is 23.0 Å². The van der Waals surface area contributed by atoms with Crippen molar-refractivity contribution in [2.75, 3.05) is 31.6 Å². The largest absolute Gasteiger partial charge is 0.375 e. The number of nitrogens with zero attached hydrogens (tertiary/aromatic N) is 3. The van der Waals surface area contributed by atoms with Gasteiger partial charge in [0.15, 0.2) is 5.96 Å². The number of unbranched alkanes of at least 4 members (excludes halogenated alkanes) is 1. The lowest BCUT2D eigenvalue weighted by molar-refractivity contribution is 0.687. The first-order valence-electron chi connectivity index (χ1n) is 9.82. The van der Waals surface area contributed by atoms with Gasteiger partial charge in [-0.3, -0.25) is 0 Å². The third kappa shape index (κ3) is 7.59. The molecule has 0 atom stereocenters. The first-order valence-corrected chi connectivity index (χ1v) is 10.7. The zero-order valence-electron chi connectivity index (χ0n) is 17.0. The molecule has 1 aromatic heterocycles. The van der Waals surface area contributed by atoms with Crippen molar-refractivity contribution in [3.05, 3.63) is 46.4 Å². The van der Waals surface area contributed by atoms with Crippen molar-refractivity contribution in [1.82, 2.24) is 15.6 Å². The first-order chi connectivity index (χ1) is 13.1. The normalized spacial score (nSPS) is 11.7. The Morgan fingerprint density at radius 1 is 1.19 bits per heavy atom. The number of aromatic nitrogens is 1. The van der Waals surface area contributed by atoms with Gasteiger partial charge in [0.25, 0.3) is 0 Å². The molecule has 0 aliphatic carbocycles. The SMILES string of the molecule is CCNC(=NCc1nc(C(C)C)cs1)NCCCCN(C)c1ccccc1. The number of guanidine groups is 1. The number of thiazole rings is 1. The van der Waals surface area contributed by atoms with Crippen LogP contribution in [0.3, 0.4) is 0 Å². The zero-order valence-corrected chi connectivity index (χ0v) is 17.9. The van der Waals surface area contributed by atoms with Crippen LogP contribution in [0.1, 0.15) is 50.2 Å². The summed E-state index contributed by atoms with van der Waals surface area (Å²) >= 11 is 1.69. The van der Waals surface area contributed by atoms with E-state index < -0.39 is 0 Å². The van der Waals surface area contributed by atoms with Crippen molar-refractivity contribution in [1.29, 1.82) is 0 Å². The lowest BCUT2D eigenvalue weighted by atomic mass is 10.2.